The first kappa shape index (κ1) is 16.1. The van der Waals surface area contributed by atoms with Gasteiger partial charge in [0.05, 0.1) is 18.7 Å². The van der Waals surface area contributed by atoms with E-state index in [1.807, 2.05) is 38.1 Å². The minimum Gasteiger partial charge on any atom is -0.494 e. The maximum Gasteiger partial charge on any atom is 0.256 e. The van der Waals surface area contributed by atoms with E-state index in [0.29, 0.717) is 12.3 Å². The van der Waals surface area contributed by atoms with Gasteiger partial charge in [-0.2, -0.15) is 0 Å². The number of anilines is 2. The molecule has 3 rings (SSSR count). The number of hydrogen-bond donors (Lipinski definition) is 1. The molecule has 0 aromatic heterocycles. The summed E-state index contributed by atoms with van der Waals surface area (Å²) in [6.07, 6.45) is 0.153. The number of imide groups is 1. The molecular weight excluding hydrogens is 304 g/mol. The number of benzene rings is 2. The van der Waals surface area contributed by atoms with Crippen LogP contribution in [0.15, 0.2) is 48.5 Å². The minimum absolute atomic E-state index is 0.153. The fraction of sp³-hybridized carbons (Fsp3) is 0.263. The van der Waals surface area contributed by atoms with Crippen LogP contribution in [0.5, 0.6) is 5.75 Å². The van der Waals surface area contributed by atoms with Crippen LogP contribution in [0.4, 0.5) is 11.4 Å². The van der Waals surface area contributed by atoms with Gasteiger partial charge in [-0.3, -0.25) is 9.59 Å². The molecule has 0 spiro atoms. The number of rotatable bonds is 5. The van der Waals surface area contributed by atoms with Crippen molar-refractivity contribution in [2.75, 3.05) is 16.8 Å². The standard InChI is InChI=1S/C19H20N2O3/c1-3-24-16-10-8-15(9-11-16)21-18(22)12-17(19(21)23)20-14-6-4-13(2)5-7-14/h4-11,17,20H,3,12H2,1-2H3. The summed E-state index contributed by atoms with van der Waals surface area (Å²) in [6.45, 7) is 4.48. The Morgan fingerprint density at radius 3 is 2.38 bits per heavy atom. The third-order valence-electron chi connectivity index (χ3n) is 3.95. The molecule has 1 saturated heterocycles. The molecule has 24 heavy (non-hydrogen) atoms. The van der Waals surface area contributed by atoms with E-state index < -0.39 is 6.04 Å². The van der Waals surface area contributed by atoms with Gasteiger partial charge in [-0.1, -0.05) is 17.7 Å². The molecule has 1 atom stereocenters. The van der Waals surface area contributed by atoms with Gasteiger partial charge < -0.3 is 10.1 Å². The zero-order valence-corrected chi connectivity index (χ0v) is 13.8. The first-order chi connectivity index (χ1) is 11.6. The van der Waals surface area contributed by atoms with Gasteiger partial charge in [0.15, 0.2) is 0 Å². The van der Waals surface area contributed by atoms with Gasteiger partial charge in [-0.05, 0) is 50.2 Å². The highest BCUT2D eigenvalue weighted by Crippen LogP contribution is 2.26. The van der Waals surface area contributed by atoms with Crippen molar-refractivity contribution in [2.45, 2.75) is 26.3 Å². The summed E-state index contributed by atoms with van der Waals surface area (Å²) in [5, 5.41) is 3.14. The summed E-state index contributed by atoms with van der Waals surface area (Å²) in [5.74, 6) is 0.285. The minimum atomic E-state index is -0.535. The first-order valence-corrected chi connectivity index (χ1v) is 8.01. The number of aryl methyl sites for hydroxylation is 1. The number of ether oxygens (including phenoxy) is 1. The molecule has 1 aliphatic rings. The number of hydrogen-bond acceptors (Lipinski definition) is 4. The molecule has 5 nitrogen and oxygen atoms in total. The normalized spacial score (nSPS) is 17.2. The molecule has 2 aromatic carbocycles. The van der Waals surface area contributed by atoms with E-state index in [4.69, 9.17) is 4.74 Å². The van der Waals surface area contributed by atoms with Crippen molar-refractivity contribution in [3.63, 3.8) is 0 Å². The van der Waals surface area contributed by atoms with Gasteiger partial charge >= 0.3 is 0 Å². The lowest BCUT2D eigenvalue weighted by Crippen LogP contribution is -2.34. The fourth-order valence-electron chi connectivity index (χ4n) is 2.73. The lowest BCUT2D eigenvalue weighted by molar-refractivity contribution is -0.121. The number of carbonyl (C=O) groups is 2. The predicted molar refractivity (Wildman–Crippen MR) is 93.3 cm³/mol. The molecular formula is C19H20N2O3. The second-order valence-corrected chi connectivity index (χ2v) is 5.76. The molecule has 5 heteroatoms. The molecule has 0 aliphatic carbocycles. The van der Waals surface area contributed by atoms with Crippen LogP contribution in [0.1, 0.15) is 18.9 Å². The van der Waals surface area contributed by atoms with Gasteiger partial charge in [0.2, 0.25) is 5.91 Å². The topological polar surface area (TPSA) is 58.6 Å². The average Bonchev–Trinajstić information content (AvgIpc) is 2.85. The summed E-state index contributed by atoms with van der Waals surface area (Å²) in [5.41, 5.74) is 2.55. The molecule has 2 amide bonds. The van der Waals surface area contributed by atoms with E-state index in [9.17, 15) is 9.59 Å². The molecule has 0 saturated carbocycles. The molecule has 1 aliphatic heterocycles. The third-order valence-corrected chi connectivity index (χ3v) is 3.95. The summed E-state index contributed by atoms with van der Waals surface area (Å²) in [6, 6.07) is 14.2. The van der Waals surface area contributed by atoms with Crippen LogP contribution in [-0.2, 0) is 9.59 Å². The van der Waals surface area contributed by atoms with Crippen LogP contribution in [0.25, 0.3) is 0 Å². The molecule has 2 aromatic rings. The summed E-state index contributed by atoms with van der Waals surface area (Å²) in [4.78, 5) is 26.1. The maximum atomic E-state index is 12.6. The Morgan fingerprint density at radius 1 is 1.08 bits per heavy atom. The molecule has 1 unspecified atom stereocenters. The molecule has 1 heterocycles. The van der Waals surface area contributed by atoms with E-state index >= 15 is 0 Å². The quantitative estimate of drug-likeness (QED) is 0.859. The van der Waals surface area contributed by atoms with Crippen LogP contribution in [-0.4, -0.2) is 24.5 Å². The van der Waals surface area contributed by atoms with Gasteiger partial charge in [-0.25, -0.2) is 4.90 Å². The van der Waals surface area contributed by atoms with Crippen molar-refractivity contribution in [2.24, 2.45) is 0 Å². The Morgan fingerprint density at radius 2 is 1.75 bits per heavy atom. The van der Waals surface area contributed by atoms with Gasteiger partial charge in [0.25, 0.3) is 5.91 Å². The summed E-state index contributed by atoms with van der Waals surface area (Å²) < 4.78 is 5.39. The largest absolute Gasteiger partial charge is 0.494 e. The smallest absolute Gasteiger partial charge is 0.256 e. The van der Waals surface area contributed by atoms with E-state index in [0.717, 1.165) is 17.0 Å². The first-order valence-electron chi connectivity index (χ1n) is 8.01. The van der Waals surface area contributed by atoms with Crippen molar-refractivity contribution >= 4 is 23.2 Å². The Bertz CT molecular complexity index is 738. The monoisotopic (exact) mass is 324 g/mol. The number of nitrogens with one attached hydrogen (secondary N) is 1. The van der Waals surface area contributed by atoms with Gasteiger partial charge in [0, 0.05) is 5.69 Å². The summed E-state index contributed by atoms with van der Waals surface area (Å²) in [7, 11) is 0. The second-order valence-electron chi connectivity index (χ2n) is 5.76. The molecule has 0 radical (unpaired) electrons. The van der Waals surface area contributed by atoms with Gasteiger partial charge in [-0.15, -0.1) is 0 Å². The molecule has 1 fully saturated rings. The lowest BCUT2D eigenvalue weighted by atomic mass is 10.2. The SMILES string of the molecule is CCOc1ccc(N2C(=O)CC(Nc3ccc(C)cc3)C2=O)cc1. The van der Waals surface area contributed by atoms with Crippen LogP contribution >= 0.6 is 0 Å². The zero-order chi connectivity index (χ0) is 17.1. The van der Waals surface area contributed by atoms with Crippen molar-refractivity contribution < 1.29 is 14.3 Å². The molecule has 0 bridgehead atoms. The van der Waals surface area contributed by atoms with E-state index in [1.165, 1.54) is 4.90 Å². The number of nitrogens with zero attached hydrogens (tertiary/aromatic N) is 1. The zero-order valence-electron chi connectivity index (χ0n) is 13.8. The Balaban J connectivity index is 1.74. The fourth-order valence-corrected chi connectivity index (χ4v) is 2.73. The van der Waals surface area contributed by atoms with Crippen molar-refractivity contribution in [3.8, 4) is 5.75 Å². The van der Waals surface area contributed by atoms with Crippen LogP contribution in [0, 0.1) is 6.92 Å². The van der Waals surface area contributed by atoms with E-state index in [1.54, 1.807) is 24.3 Å². The molecule has 124 valence electrons. The van der Waals surface area contributed by atoms with Crippen LogP contribution in [0.2, 0.25) is 0 Å². The Labute approximate surface area is 141 Å². The van der Waals surface area contributed by atoms with Crippen molar-refractivity contribution in [1.29, 1.82) is 0 Å². The Kier molecular flexibility index (Phi) is 4.51. The van der Waals surface area contributed by atoms with Crippen molar-refractivity contribution in [1.82, 2.24) is 0 Å². The highest BCUT2D eigenvalue weighted by molar-refractivity contribution is 6.23. The van der Waals surface area contributed by atoms with Crippen LogP contribution < -0.4 is 15.0 Å². The van der Waals surface area contributed by atoms with Gasteiger partial charge in [0.1, 0.15) is 11.8 Å². The van der Waals surface area contributed by atoms with Crippen LogP contribution in [0.3, 0.4) is 0 Å². The average molecular weight is 324 g/mol. The third kappa shape index (κ3) is 3.25. The van der Waals surface area contributed by atoms with E-state index in [-0.39, 0.29) is 18.2 Å². The highest BCUT2D eigenvalue weighted by atomic mass is 16.5. The highest BCUT2D eigenvalue weighted by Gasteiger charge is 2.39. The van der Waals surface area contributed by atoms with Crippen molar-refractivity contribution in [3.05, 3.63) is 54.1 Å². The summed E-state index contributed by atoms with van der Waals surface area (Å²) >= 11 is 0. The Hall–Kier alpha value is -2.82. The second kappa shape index (κ2) is 6.74. The lowest BCUT2D eigenvalue weighted by Gasteiger charge is -2.16. The maximum absolute atomic E-state index is 12.6. The predicted octanol–water partition coefficient (Wildman–Crippen LogP) is 3.14. The van der Waals surface area contributed by atoms with E-state index in [2.05, 4.69) is 5.32 Å². The number of carbonyl (C=O) groups excluding carboxylic acids is 2. The molecule has 1 N–H and O–H groups in total. The number of amides is 2.